The lowest BCUT2D eigenvalue weighted by atomic mass is 10.0. The van der Waals surface area contributed by atoms with Gasteiger partial charge in [-0.2, -0.15) is 0 Å². The molecule has 1 heterocycles. The van der Waals surface area contributed by atoms with E-state index < -0.39 is 0 Å². The van der Waals surface area contributed by atoms with Crippen molar-refractivity contribution in [3.8, 4) is 0 Å². The van der Waals surface area contributed by atoms with Crippen LogP contribution in [0.2, 0.25) is 0 Å². The maximum atomic E-state index is 12.0. The molecule has 0 N–H and O–H groups in total. The van der Waals surface area contributed by atoms with Crippen LogP contribution in [0.15, 0.2) is 36.9 Å². The van der Waals surface area contributed by atoms with Gasteiger partial charge in [-0.15, -0.1) is 6.58 Å². The summed E-state index contributed by atoms with van der Waals surface area (Å²) in [4.78, 5) is 16.2. The maximum absolute atomic E-state index is 12.0. The molecule has 3 nitrogen and oxygen atoms in total. The molecule has 108 valence electrons. The van der Waals surface area contributed by atoms with Crippen molar-refractivity contribution in [2.24, 2.45) is 5.92 Å². The molecule has 1 aromatic rings. The van der Waals surface area contributed by atoms with Crippen LogP contribution >= 0.6 is 0 Å². The third kappa shape index (κ3) is 3.28. The van der Waals surface area contributed by atoms with E-state index >= 15 is 0 Å². The molecule has 20 heavy (non-hydrogen) atoms. The fraction of sp³-hybridized carbons (Fsp3) is 0.471. The Balaban J connectivity index is 2.12. The van der Waals surface area contributed by atoms with Gasteiger partial charge in [0.15, 0.2) is 0 Å². The fourth-order valence-corrected chi connectivity index (χ4v) is 2.70. The van der Waals surface area contributed by atoms with Crippen molar-refractivity contribution >= 4 is 5.91 Å². The van der Waals surface area contributed by atoms with E-state index in [-0.39, 0.29) is 11.9 Å². The highest BCUT2D eigenvalue weighted by atomic mass is 16.2. The van der Waals surface area contributed by atoms with Crippen LogP contribution < -0.4 is 0 Å². The van der Waals surface area contributed by atoms with Crippen LogP contribution in [0.3, 0.4) is 0 Å². The van der Waals surface area contributed by atoms with Crippen molar-refractivity contribution in [1.82, 2.24) is 9.80 Å². The minimum absolute atomic E-state index is 0.239. The standard InChI is InChI=1S/C17H24N2O/c1-5-14-10-17(20)19(11-14)12-16(18(3)4)15-8-6-13(2)7-9-15/h5-9,14,16H,1,10-12H2,2-4H3. The number of hydrogen-bond donors (Lipinski definition) is 0. The minimum Gasteiger partial charge on any atom is -0.340 e. The summed E-state index contributed by atoms with van der Waals surface area (Å²) in [5, 5.41) is 0. The van der Waals surface area contributed by atoms with E-state index in [1.807, 2.05) is 11.0 Å². The van der Waals surface area contributed by atoms with E-state index in [0.29, 0.717) is 12.3 Å². The maximum Gasteiger partial charge on any atom is 0.223 e. The number of hydrogen-bond acceptors (Lipinski definition) is 2. The van der Waals surface area contributed by atoms with Crippen molar-refractivity contribution < 1.29 is 4.79 Å². The number of rotatable bonds is 5. The topological polar surface area (TPSA) is 23.6 Å². The van der Waals surface area contributed by atoms with Crippen molar-refractivity contribution in [2.75, 3.05) is 27.2 Å². The molecule has 1 fully saturated rings. The molecule has 0 spiro atoms. The first kappa shape index (κ1) is 14.8. The summed E-state index contributed by atoms with van der Waals surface area (Å²) in [7, 11) is 4.13. The van der Waals surface area contributed by atoms with Gasteiger partial charge in [-0.3, -0.25) is 4.79 Å². The number of likely N-dealkylation sites (N-methyl/N-ethyl adjacent to an activating group) is 1. The van der Waals surface area contributed by atoms with Crippen LogP contribution in [-0.4, -0.2) is 42.9 Å². The first-order chi connectivity index (χ1) is 9.51. The van der Waals surface area contributed by atoms with Crippen LogP contribution in [0, 0.1) is 12.8 Å². The first-order valence-electron chi connectivity index (χ1n) is 7.14. The normalized spacial score (nSPS) is 20.5. The first-order valence-corrected chi connectivity index (χ1v) is 7.14. The Hall–Kier alpha value is -1.61. The van der Waals surface area contributed by atoms with Crippen molar-refractivity contribution in [3.63, 3.8) is 0 Å². The van der Waals surface area contributed by atoms with Crippen molar-refractivity contribution in [2.45, 2.75) is 19.4 Å². The highest BCUT2D eigenvalue weighted by molar-refractivity contribution is 5.79. The zero-order chi connectivity index (χ0) is 14.7. The summed E-state index contributed by atoms with van der Waals surface area (Å²) in [6, 6.07) is 8.81. The Morgan fingerprint density at radius 1 is 1.40 bits per heavy atom. The predicted molar refractivity (Wildman–Crippen MR) is 82.5 cm³/mol. The van der Waals surface area contributed by atoms with Gasteiger partial charge in [-0.1, -0.05) is 35.9 Å². The Morgan fingerprint density at radius 2 is 2.05 bits per heavy atom. The summed E-state index contributed by atoms with van der Waals surface area (Å²) in [5.41, 5.74) is 2.52. The molecule has 0 aromatic heterocycles. The average molecular weight is 272 g/mol. The van der Waals surface area contributed by atoms with Crippen molar-refractivity contribution in [3.05, 3.63) is 48.0 Å². The Bertz CT molecular complexity index is 478. The SMILES string of the molecule is C=CC1CC(=O)N(CC(c2ccc(C)cc2)N(C)C)C1. The van der Waals surface area contributed by atoms with Crippen molar-refractivity contribution in [1.29, 1.82) is 0 Å². The molecule has 1 aromatic carbocycles. The molecule has 0 saturated carbocycles. The molecule has 3 heteroatoms. The van der Waals surface area contributed by atoms with Gasteiger partial charge in [0.05, 0.1) is 6.04 Å². The molecule has 2 rings (SSSR count). The number of benzene rings is 1. The summed E-state index contributed by atoms with van der Waals surface area (Å²) in [6.45, 7) is 7.45. The number of carbonyl (C=O) groups excluding carboxylic acids is 1. The van der Waals surface area contributed by atoms with E-state index in [2.05, 4.69) is 56.8 Å². The third-order valence-corrected chi connectivity index (χ3v) is 4.06. The molecule has 1 amide bonds. The average Bonchev–Trinajstić information content (AvgIpc) is 2.77. The number of aryl methyl sites for hydroxylation is 1. The number of amides is 1. The molecule has 2 atom stereocenters. The quantitative estimate of drug-likeness (QED) is 0.769. The molecule has 1 saturated heterocycles. The molecule has 1 aliphatic rings. The lowest BCUT2D eigenvalue weighted by Crippen LogP contribution is -2.35. The smallest absolute Gasteiger partial charge is 0.223 e. The fourth-order valence-electron chi connectivity index (χ4n) is 2.70. The van der Waals surface area contributed by atoms with Gasteiger partial charge in [0, 0.05) is 25.4 Å². The summed E-state index contributed by atoms with van der Waals surface area (Å²) in [6.07, 6.45) is 2.51. The second-order valence-electron chi connectivity index (χ2n) is 5.89. The zero-order valence-corrected chi connectivity index (χ0v) is 12.7. The molecule has 0 radical (unpaired) electrons. The Labute approximate surface area is 121 Å². The number of nitrogens with zero attached hydrogens (tertiary/aromatic N) is 2. The number of carbonyl (C=O) groups is 1. The Morgan fingerprint density at radius 3 is 2.55 bits per heavy atom. The minimum atomic E-state index is 0.239. The van der Waals surface area contributed by atoms with Gasteiger partial charge in [0.2, 0.25) is 5.91 Å². The molecule has 0 aliphatic carbocycles. The van der Waals surface area contributed by atoms with Gasteiger partial charge >= 0.3 is 0 Å². The molecule has 2 unspecified atom stereocenters. The molecule has 0 bridgehead atoms. The zero-order valence-electron chi connectivity index (χ0n) is 12.7. The summed E-state index contributed by atoms with van der Waals surface area (Å²) >= 11 is 0. The molecule has 1 aliphatic heterocycles. The van der Waals surface area contributed by atoms with Crippen LogP contribution in [0.4, 0.5) is 0 Å². The van der Waals surface area contributed by atoms with Crippen LogP contribution in [0.1, 0.15) is 23.6 Å². The van der Waals surface area contributed by atoms with E-state index in [1.54, 1.807) is 0 Å². The lowest BCUT2D eigenvalue weighted by Gasteiger charge is -2.29. The van der Waals surface area contributed by atoms with Gasteiger partial charge in [-0.05, 0) is 26.6 Å². The van der Waals surface area contributed by atoms with Gasteiger partial charge in [-0.25, -0.2) is 0 Å². The summed E-state index contributed by atoms with van der Waals surface area (Å²) in [5.74, 6) is 0.553. The third-order valence-electron chi connectivity index (χ3n) is 4.06. The van der Waals surface area contributed by atoms with E-state index in [0.717, 1.165) is 13.1 Å². The highest BCUT2D eigenvalue weighted by Crippen LogP contribution is 2.25. The molecular formula is C17H24N2O. The summed E-state index contributed by atoms with van der Waals surface area (Å²) < 4.78 is 0. The van der Waals surface area contributed by atoms with E-state index in [4.69, 9.17) is 0 Å². The second kappa shape index (κ2) is 6.23. The number of likely N-dealkylation sites (tertiary alicyclic amines) is 1. The Kier molecular flexibility index (Phi) is 4.61. The van der Waals surface area contributed by atoms with E-state index in [1.165, 1.54) is 11.1 Å². The largest absolute Gasteiger partial charge is 0.340 e. The van der Waals surface area contributed by atoms with Crippen LogP contribution in [0.5, 0.6) is 0 Å². The monoisotopic (exact) mass is 272 g/mol. The highest BCUT2D eigenvalue weighted by Gasteiger charge is 2.30. The molecular weight excluding hydrogens is 248 g/mol. The van der Waals surface area contributed by atoms with Crippen LogP contribution in [0.25, 0.3) is 0 Å². The predicted octanol–water partition coefficient (Wildman–Crippen LogP) is 2.63. The second-order valence-corrected chi connectivity index (χ2v) is 5.89. The van der Waals surface area contributed by atoms with Crippen LogP contribution in [-0.2, 0) is 4.79 Å². The van der Waals surface area contributed by atoms with E-state index in [9.17, 15) is 4.79 Å². The van der Waals surface area contributed by atoms with Gasteiger partial charge < -0.3 is 9.80 Å². The lowest BCUT2D eigenvalue weighted by molar-refractivity contribution is -0.128. The van der Waals surface area contributed by atoms with Gasteiger partial charge in [0.25, 0.3) is 0 Å². The van der Waals surface area contributed by atoms with Gasteiger partial charge in [0.1, 0.15) is 0 Å².